The Morgan fingerprint density at radius 3 is 1.08 bits per heavy atom. The van der Waals surface area contributed by atoms with Gasteiger partial charge in [0.05, 0.1) is 18.8 Å². The summed E-state index contributed by atoms with van der Waals surface area (Å²) in [7, 11) is 0. The lowest BCUT2D eigenvalue weighted by atomic mass is 10.0. The predicted molar refractivity (Wildman–Crippen MR) is 271 cm³/mol. The standard InChI is InChI=1S/C57H105NO3/c1-3-5-7-9-11-13-15-17-19-21-23-25-26-27-28-29-30-31-32-33-35-37-39-41-43-45-47-49-51-53-57(61)58-55(54-59)56(60)52-50-48-46-44-42-40-38-36-34-24-22-20-18-16-14-12-10-8-6-4-2/h5,7,11,13,17,19,23,25,27-28,55-56,59-60H,3-4,6,8-10,12,14-16,18,20-22,24,26,29-54H2,1-2H3,(H,58,61)/b7-5-,13-11-,19-17-,25-23-,28-27-. The number of rotatable bonds is 49. The molecule has 1 amide bonds. The second-order valence-electron chi connectivity index (χ2n) is 18.3. The van der Waals surface area contributed by atoms with Crippen LogP contribution in [0.4, 0.5) is 0 Å². The van der Waals surface area contributed by atoms with E-state index in [4.69, 9.17) is 0 Å². The molecule has 0 bridgehead atoms. The largest absolute Gasteiger partial charge is 0.394 e. The van der Waals surface area contributed by atoms with E-state index in [1.165, 1.54) is 193 Å². The van der Waals surface area contributed by atoms with Crippen LogP contribution in [0.2, 0.25) is 0 Å². The molecule has 0 saturated carbocycles. The monoisotopic (exact) mass is 852 g/mol. The van der Waals surface area contributed by atoms with Gasteiger partial charge in [-0.2, -0.15) is 0 Å². The Balaban J connectivity index is 3.49. The fourth-order valence-corrected chi connectivity index (χ4v) is 8.21. The minimum Gasteiger partial charge on any atom is -0.394 e. The SMILES string of the molecule is CC/C=C\C/C=C\C/C=C\C/C=C\C/C=C\CCCCCCCCCCCCCCCC(=O)NC(CO)C(O)CCCCCCCCCCCCCCCCCCCCCC. The molecule has 2 atom stereocenters. The molecule has 0 fully saturated rings. The molecule has 0 rings (SSSR count). The molecule has 0 saturated heterocycles. The van der Waals surface area contributed by atoms with Crippen LogP contribution in [0.1, 0.15) is 277 Å². The first kappa shape index (κ1) is 59.1. The summed E-state index contributed by atoms with van der Waals surface area (Å²) < 4.78 is 0. The van der Waals surface area contributed by atoms with Crippen molar-refractivity contribution in [3.63, 3.8) is 0 Å². The van der Waals surface area contributed by atoms with Gasteiger partial charge in [-0.25, -0.2) is 0 Å². The molecule has 0 aliphatic heterocycles. The first-order valence-electron chi connectivity index (χ1n) is 27.0. The van der Waals surface area contributed by atoms with Crippen LogP contribution in [-0.2, 0) is 4.79 Å². The molecular weight excluding hydrogens is 747 g/mol. The molecule has 0 radical (unpaired) electrons. The lowest BCUT2D eigenvalue weighted by Crippen LogP contribution is -2.45. The van der Waals surface area contributed by atoms with Crippen molar-refractivity contribution in [2.45, 2.75) is 289 Å². The van der Waals surface area contributed by atoms with Crippen molar-refractivity contribution in [2.75, 3.05) is 6.61 Å². The summed E-state index contributed by atoms with van der Waals surface area (Å²) in [6.07, 6.45) is 73.3. The molecule has 0 heterocycles. The van der Waals surface area contributed by atoms with Crippen LogP contribution in [0.15, 0.2) is 60.8 Å². The van der Waals surface area contributed by atoms with Crippen molar-refractivity contribution in [3.05, 3.63) is 60.8 Å². The first-order valence-corrected chi connectivity index (χ1v) is 27.0. The topological polar surface area (TPSA) is 69.6 Å². The van der Waals surface area contributed by atoms with Crippen LogP contribution in [-0.4, -0.2) is 34.9 Å². The van der Waals surface area contributed by atoms with E-state index in [1.807, 2.05) is 0 Å². The van der Waals surface area contributed by atoms with Crippen molar-refractivity contribution in [2.24, 2.45) is 0 Å². The van der Waals surface area contributed by atoms with Crippen LogP contribution in [0.3, 0.4) is 0 Å². The maximum atomic E-state index is 12.5. The Hall–Kier alpha value is -1.91. The van der Waals surface area contributed by atoms with Crippen molar-refractivity contribution in [3.8, 4) is 0 Å². The molecule has 0 spiro atoms. The molecule has 0 aromatic rings. The molecule has 3 N–H and O–H groups in total. The molecular formula is C57H105NO3. The zero-order valence-electron chi connectivity index (χ0n) is 40.9. The molecule has 0 aliphatic rings. The van der Waals surface area contributed by atoms with Crippen molar-refractivity contribution < 1.29 is 15.0 Å². The number of hydrogen-bond acceptors (Lipinski definition) is 3. The number of allylic oxidation sites excluding steroid dienone is 10. The number of carbonyl (C=O) groups excluding carboxylic acids is 1. The van der Waals surface area contributed by atoms with Crippen molar-refractivity contribution in [1.29, 1.82) is 0 Å². The van der Waals surface area contributed by atoms with E-state index in [1.54, 1.807) is 0 Å². The molecule has 356 valence electrons. The number of aliphatic hydroxyl groups excluding tert-OH is 2. The Morgan fingerprint density at radius 2 is 0.721 bits per heavy atom. The summed E-state index contributed by atoms with van der Waals surface area (Å²) >= 11 is 0. The highest BCUT2D eigenvalue weighted by atomic mass is 16.3. The maximum Gasteiger partial charge on any atom is 0.220 e. The average Bonchev–Trinajstić information content (AvgIpc) is 3.26. The van der Waals surface area contributed by atoms with Crippen LogP contribution in [0, 0.1) is 0 Å². The number of unbranched alkanes of at least 4 members (excludes halogenated alkanes) is 32. The van der Waals surface area contributed by atoms with E-state index in [-0.39, 0.29) is 12.5 Å². The second-order valence-corrected chi connectivity index (χ2v) is 18.3. The summed E-state index contributed by atoms with van der Waals surface area (Å²) in [5, 5.41) is 23.3. The second kappa shape index (κ2) is 52.4. The molecule has 2 unspecified atom stereocenters. The first-order chi connectivity index (χ1) is 30.2. The third-order valence-corrected chi connectivity index (χ3v) is 12.3. The van der Waals surface area contributed by atoms with Gasteiger partial charge in [0.15, 0.2) is 0 Å². The Kier molecular flexibility index (Phi) is 50.8. The van der Waals surface area contributed by atoms with Crippen molar-refractivity contribution in [1.82, 2.24) is 5.32 Å². The highest BCUT2D eigenvalue weighted by Crippen LogP contribution is 2.17. The zero-order valence-corrected chi connectivity index (χ0v) is 40.9. The highest BCUT2D eigenvalue weighted by molar-refractivity contribution is 5.76. The van der Waals surface area contributed by atoms with Gasteiger partial charge in [0.25, 0.3) is 0 Å². The van der Waals surface area contributed by atoms with Gasteiger partial charge in [0.1, 0.15) is 0 Å². The third-order valence-electron chi connectivity index (χ3n) is 12.3. The lowest BCUT2D eigenvalue weighted by molar-refractivity contribution is -0.123. The van der Waals surface area contributed by atoms with E-state index < -0.39 is 12.1 Å². The maximum absolute atomic E-state index is 12.5. The molecule has 0 aromatic carbocycles. The van der Waals surface area contributed by atoms with Gasteiger partial charge < -0.3 is 15.5 Å². The van der Waals surface area contributed by atoms with Gasteiger partial charge in [-0.15, -0.1) is 0 Å². The quantitative estimate of drug-likeness (QED) is 0.0422. The Labute approximate surface area is 381 Å². The smallest absolute Gasteiger partial charge is 0.220 e. The van der Waals surface area contributed by atoms with Gasteiger partial charge >= 0.3 is 0 Å². The Morgan fingerprint density at radius 1 is 0.410 bits per heavy atom. The van der Waals surface area contributed by atoms with E-state index in [2.05, 4.69) is 79.9 Å². The summed E-state index contributed by atoms with van der Waals surface area (Å²) in [6.45, 7) is 4.26. The molecule has 4 heteroatoms. The van der Waals surface area contributed by atoms with E-state index in [0.717, 1.165) is 57.8 Å². The van der Waals surface area contributed by atoms with E-state index in [9.17, 15) is 15.0 Å². The fourth-order valence-electron chi connectivity index (χ4n) is 8.21. The zero-order chi connectivity index (χ0) is 44.2. The third kappa shape index (κ3) is 49.0. The van der Waals surface area contributed by atoms with Gasteiger partial charge in [-0.05, 0) is 57.8 Å². The lowest BCUT2D eigenvalue weighted by Gasteiger charge is -2.22. The van der Waals surface area contributed by atoms with Crippen LogP contribution < -0.4 is 5.32 Å². The number of nitrogens with one attached hydrogen (secondary N) is 1. The van der Waals surface area contributed by atoms with E-state index in [0.29, 0.717) is 12.8 Å². The fraction of sp³-hybridized carbons (Fsp3) is 0.807. The molecule has 0 aromatic heterocycles. The summed E-state index contributed by atoms with van der Waals surface area (Å²) in [6, 6.07) is -0.539. The predicted octanol–water partition coefficient (Wildman–Crippen LogP) is 17.6. The Bertz CT molecular complexity index is 1010. The van der Waals surface area contributed by atoms with E-state index >= 15 is 0 Å². The number of hydrogen-bond donors (Lipinski definition) is 3. The summed E-state index contributed by atoms with van der Waals surface area (Å²) in [5.41, 5.74) is 0. The average molecular weight is 852 g/mol. The number of carbonyl (C=O) groups is 1. The number of aliphatic hydroxyl groups is 2. The van der Waals surface area contributed by atoms with Crippen LogP contribution >= 0.6 is 0 Å². The summed E-state index contributed by atoms with van der Waals surface area (Å²) in [5.74, 6) is -0.0317. The van der Waals surface area contributed by atoms with Gasteiger partial charge in [-0.1, -0.05) is 274 Å². The minimum absolute atomic E-state index is 0.0317. The van der Waals surface area contributed by atoms with Gasteiger partial charge in [-0.3, -0.25) is 4.79 Å². The minimum atomic E-state index is -0.662. The highest BCUT2D eigenvalue weighted by Gasteiger charge is 2.20. The van der Waals surface area contributed by atoms with Gasteiger partial charge in [0, 0.05) is 6.42 Å². The van der Waals surface area contributed by atoms with Gasteiger partial charge in [0.2, 0.25) is 5.91 Å². The van der Waals surface area contributed by atoms with Crippen LogP contribution in [0.5, 0.6) is 0 Å². The van der Waals surface area contributed by atoms with Crippen molar-refractivity contribution >= 4 is 5.91 Å². The summed E-state index contributed by atoms with van der Waals surface area (Å²) in [4.78, 5) is 12.5. The normalized spacial score (nSPS) is 13.3. The molecule has 0 aliphatic carbocycles. The number of amides is 1. The molecule has 61 heavy (non-hydrogen) atoms. The van der Waals surface area contributed by atoms with Crippen LogP contribution in [0.25, 0.3) is 0 Å². The molecule has 4 nitrogen and oxygen atoms in total.